The summed E-state index contributed by atoms with van der Waals surface area (Å²) < 4.78 is 18.0. The van der Waals surface area contributed by atoms with Crippen LogP contribution >= 0.6 is 0 Å². The van der Waals surface area contributed by atoms with E-state index >= 15 is 0 Å². The number of aromatic nitrogens is 3. The molecule has 19 heavy (non-hydrogen) atoms. The number of nitrogens with one attached hydrogen (secondary N) is 1. The van der Waals surface area contributed by atoms with Gasteiger partial charge in [0.15, 0.2) is 0 Å². The summed E-state index contributed by atoms with van der Waals surface area (Å²) in [6, 6.07) is 2.88. The zero-order valence-electron chi connectivity index (χ0n) is 10.5. The standard InChI is InChI=1S/C13H15FN4O/c14-10-3-4-11(16-8-10)13-17-12(19-18-13)6-9-2-1-5-15-7-9/h3-4,8-9,15H,1-2,5-7H2. The highest BCUT2D eigenvalue weighted by Crippen LogP contribution is 2.18. The predicted molar refractivity (Wildman–Crippen MR) is 66.8 cm³/mol. The first-order valence-corrected chi connectivity index (χ1v) is 6.46. The van der Waals surface area contributed by atoms with E-state index in [1.807, 2.05) is 0 Å². The molecular formula is C13H15FN4O. The molecule has 6 heteroatoms. The van der Waals surface area contributed by atoms with Crippen LogP contribution in [0.25, 0.3) is 11.5 Å². The molecule has 1 aliphatic rings. The highest BCUT2D eigenvalue weighted by Gasteiger charge is 2.18. The van der Waals surface area contributed by atoms with E-state index in [-0.39, 0.29) is 5.82 Å². The Morgan fingerprint density at radius 2 is 2.37 bits per heavy atom. The number of halogens is 1. The van der Waals surface area contributed by atoms with Gasteiger partial charge in [-0.2, -0.15) is 4.98 Å². The molecule has 1 atom stereocenters. The van der Waals surface area contributed by atoms with Gasteiger partial charge in [0.2, 0.25) is 11.7 Å². The fourth-order valence-electron chi connectivity index (χ4n) is 2.30. The van der Waals surface area contributed by atoms with Crippen molar-refractivity contribution in [1.29, 1.82) is 0 Å². The minimum atomic E-state index is -0.374. The van der Waals surface area contributed by atoms with E-state index < -0.39 is 0 Å². The fourth-order valence-corrected chi connectivity index (χ4v) is 2.30. The first-order chi connectivity index (χ1) is 9.31. The third-order valence-electron chi connectivity index (χ3n) is 3.29. The van der Waals surface area contributed by atoms with Crippen LogP contribution in [0.15, 0.2) is 22.9 Å². The fraction of sp³-hybridized carbons (Fsp3) is 0.462. The third kappa shape index (κ3) is 2.96. The molecule has 0 aliphatic carbocycles. The monoisotopic (exact) mass is 262 g/mol. The molecule has 1 saturated heterocycles. The quantitative estimate of drug-likeness (QED) is 0.914. The number of piperidine rings is 1. The Hall–Kier alpha value is -1.82. The van der Waals surface area contributed by atoms with Gasteiger partial charge in [-0.05, 0) is 44.0 Å². The lowest BCUT2D eigenvalue weighted by atomic mass is 9.96. The molecular weight excluding hydrogens is 247 g/mol. The van der Waals surface area contributed by atoms with Gasteiger partial charge in [0.1, 0.15) is 11.5 Å². The summed E-state index contributed by atoms with van der Waals surface area (Å²) in [5.74, 6) is 1.21. The summed E-state index contributed by atoms with van der Waals surface area (Å²) >= 11 is 0. The summed E-state index contributed by atoms with van der Waals surface area (Å²) in [6.45, 7) is 2.08. The van der Waals surface area contributed by atoms with Gasteiger partial charge in [0, 0.05) is 6.42 Å². The van der Waals surface area contributed by atoms with Gasteiger partial charge in [-0.3, -0.25) is 0 Å². The highest BCUT2D eigenvalue weighted by molar-refractivity contribution is 5.47. The molecule has 2 aromatic rings. The molecule has 0 saturated carbocycles. The molecule has 0 amide bonds. The van der Waals surface area contributed by atoms with Gasteiger partial charge in [0.05, 0.1) is 6.20 Å². The highest BCUT2D eigenvalue weighted by atomic mass is 19.1. The van der Waals surface area contributed by atoms with Gasteiger partial charge in [-0.25, -0.2) is 9.37 Å². The Balaban J connectivity index is 1.70. The van der Waals surface area contributed by atoms with Crippen molar-refractivity contribution in [3.05, 3.63) is 30.0 Å². The van der Waals surface area contributed by atoms with Crippen molar-refractivity contribution in [2.24, 2.45) is 5.92 Å². The van der Waals surface area contributed by atoms with Crippen LogP contribution in [0.4, 0.5) is 4.39 Å². The van der Waals surface area contributed by atoms with Crippen molar-refractivity contribution in [3.8, 4) is 11.5 Å². The summed E-state index contributed by atoms with van der Waals surface area (Å²) in [4.78, 5) is 8.25. The first-order valence-electron chi connectivity index (χ1n) is 6.46. The van der Waals surface area contributed by atoms with E-state index in [2.05, 4.69) is 20.4 Å². The SMILES string of the molecule is Fc1ccc(-c2noc(CC3CCCNC3)n2)nc1. The molecule has 1 unspecified atom stereocenters. The second kappa shape index (κ2) is 5.44. The molecule has 100 valence electrons. The van der Waals surface area contributed by atoms with E-state index in [0.29, 0.717) is 23.3 Å². The predicted octanol–water partition coefficient (Wildman–Crippen LogP) is 1.81. The molecule has 3 heterocycles. The third-order valence-corrected chi connectivity index (χ3v) is 3.29. The topological polar surface area (TPSA) is 63.8 Å². The van der Waals surface area contributed by atoms with Crippen molar-refractivity contribution in [2.45, 2.75) is 19.3 Å². The van der Waals surface area contributed by atoms with E-state index in [4.69, 9.17) is 4.52 Å². The van der Waals surface area contributed by atoms with Crippen molar-refractivity contribution in [2.75, 3.05) is 13.1 Å². The number of nitrogens with zero attached hydrogens (tertiary/aromatic N) is 3. The van der Waals surface area contributed by atoms with Crippen LogP contribution < -0.4 is 5.32 Å². The molecule has 1 aliphatic heterocycles. The Bertz CT molecular complexity index is 534. The second-order valence-corrected chi connectivity index (χ2v) is 4.79. The minimum Gasteiger partial charge on any atom is -0.339 e. The van der Waals surface area contributed by atoms with Crippen LogP contribution in [0, 0.1) is 11.7 Å². The number of hydrogen-bond donors (Lipinski definition) is 1. The average Bonchev–Trinajstić information content (AvgIpc) is 2.89. The van der Waals surface area contributed by atoms with Crippen LogP contribution in [-0.2, 0) is 6.42 Å². The Kier molecular flexibility index (Phi) is 3.50. The van der Waals surface area contributed by atoms with E-state index in [9.17, 15) is 4.39 Å². The maximum absolute atomic E-state index is 12.8. The van der Waals surface area contributed by atoms with E-state index in [1.54, 1.807) is 6.07 Å². The molecule has 1 N–H and O–H groups in total. The summed E-state index contributed by atoms with van der Waals surface area (Å²) in [5.41, 5.74) is 0.526. The molecule has 5 nitrogen and oxygen atoms in total. The van der Waals surface area contributed by atoms with Gasteiger partial charge in [-0.1, -0.05) is 5.16 Å². The van der Waals surface area contributed by atoms with E-state index in [0.717, 1.165) is 25.7 Å². The molecule has 2 aromatic heterocycles. The van der Waals surface area contributed by atoms with Gasteiger partial charge in [-0.15, -0.1) is 0 Å². The number of pyridine rings is 1. The molecule has 0 aromatic carbocycles. The largest absolute Gasteiger partial charge is 0.339 e. The molecule has 3 rings (SSSR count). The van der Waals surface area contributed by atoms with Crippen molar-refractivity contribution in [1.82, 2.24) is 20.4 Å². The molecule has 0 spiro atoms. The average molecular weight is 262 g/mol. The van der Waals surface area contributed by atoms with Crippen LogP contribution in [-0.4, -0.2) is 28.2 Å². The van der Waals surface area contributed by atoms with Gasteiger partial charge in [0.25, 0.3) is 0 Å². The van der Waals surface area contributed by atoms with Crippen molar-refractivity contribution < 1.29 is 8.91 Å². The summed E-state index contributed by atoms with van der Waals surface area (Å²) in [5, 5.41) is 7.25. The Morgan fingerprint density at radius 1 is 1.42 bits per heavy atom. The van der Waals surface area contributed by atoms with Crippen LogP contribution in [0.1, 0.15) is 18.7 Å². The number of hydrogen-bond acceptors (Lipinski definition) is 5. The lowest BCUT2D eigenvalue weighted by Crippen LogP contribution is -2.30. The van der Waals surface area contributed by atoms with E-state index in [1.165, 1.54) is 18.9 Å². The zero-order valence-corrected chi connectivity index (χ0v) is 10.5. The van der Waals surface area contributed by atoms with Gasteiger partial charge < -0.3 is 9.84 Å². The van der Waals surface area contributed by atoms with Crippen molar-refractivity contribution in [3.63, 3.8) is 0 Å². The van der Waals surface area contributed by atoms with Crippen molar-refractivity contribution >= 4 is 0 Å². The molecule has 0 radical (unpaired) electrons. The lowest BCUT2D eigenvalue weighted by molar-refractivity contribution is 0.316. The maximum Gasteiger partial charge on any atom is 0.227 e. The lowest BCUT2D eigenvalue weighted by Gasteiger charge is -2.20. The zero-order chi connectivity index (χ0) is 13.1. The second-order valence-electron chi connectivity index (χ2n) is 4.79. The van der Waals surface area contributed by atoms with Gasteiger partial charge >= 0.3 is 0 Å². The normalized spacial score (nSPS) is 19.5. The summed E-state index contributed by atoms with van der Waals surface area (Å²) in [6.07, 6.45) is 4.29. The minimum absolute atomic E-state index is 0.374. The van der Waals surface area contributed by atoms with Crippen LogP contribution in [0.3, 0.4) is 0 Å². The molecule has 0 bridgehead atoms. The first kappa shape index (κ1) is 12.2. The smallest absolute Gasteiger partial charge is 0.227 e. The summed E-state index contributed by atoms with van der Waals surface area (Å²) in [7, 11) is 0. The Morgan fingerprint density at radius 3 is 3.11 bits per heavy atom. The maximum atomic E-state index is 12.8. The molecule has 1 fully saturated rings. The van der Waals surface area contributed by atoms with Crippen LogP contribution in [0.5, 0.6) is 0 Å². The number of rotatable bonds is 3. The Labute approximate surface area is 110 Å². The van der Waals surface area contributed by atoms with Crippen LogP contribution in [0.2, 0.25) is 0 Å².